The van der Waals surface area contributed by atoms with Gasteiger partial charge >= 0.3 is 0 Å². The van der Waals surface area contributed by atoms with Crippen molar-refractivity contribution in [3.63, 3.8) is 0 Å². The Bertz CT molecular complexity index is 690. The maximum Gasteiger partial charge on any atom is 0.131 e. The van der Waals surface area contributed by atoms with Crippen LogP contribution < -0.4 is 0 Å². The van der Waals surface area contributed by atoms with E-state index in [0.717, 1.165) is 12.8 Å². The summed E-state index contributed by atoms with van der Waals surface area (Å²) in [6, 6.07) is 9.18. The van der Waals surface area contributed by atoms with E-state index in [1.165, 1.54) is 48.1 Å². The van der Waals surface area contributed by atoms with Gasteiger partial charge in [-0.1, -0.05) is 18.2 Å². The number of para-hydroxylation sites is 1. The third-order valence-electron chi connectivity index (χ3n) is 5.66. The van der Waals surface area contributed by atoms with Gasteiger partial charge in [0, 0.05) is 17.6 Å². The number of aliphatic hydroxyl groups is 1. The van der Waals surface area contributed by atoms with Crippen LogP contribution in [0, 0.1) is 5.92 Å². The van der Waals surface area contributed by atoms with Crippen LogP contribution in [0.3, 0.4) is 0 Å². The first-order valence-corrected chi connectivity index (χ1v) is 7.88. The third-order valence-corrected chi connectivity index (χ3v) is 5.66. The van der Waals surface area contributed by atoms with Crippen LogP contribution in [0.1, 0.15) is 42.8 Å². The predicted molar refractivity (Wildman–Crippen MR) is 78.6 cm³/mol. The molecule has 104 valence electrons. The zero-order chi connectivity index (χ0) is 13.3. The number of aliphatic hydroxyl groups excluding tert-OH is 1. The fourth-order valence-corrected chi connectivity index (χ4v) is 4.93. The number of hydrogen-bond donors (Lipinski definition) is 1. The van der Waals surface area contributed by atoms with Gasteiger partial charge in [0.2, 0.25) is 0 Å². The summed E-state index contributed by atoms with van der Waals surface area (Å²) in [7, 11) is 0. The van der Waals surface area contributed by atoms with Crippen molar-refractivity contribution in [2.45, 2.75) is 38.0 Å². The Hall–Kier alpha value is -1.32. The van der Waals surface area contributed by atoms with E-state index < -0.39 is 0 Å². The number of aromatic nitrogens is 1. The number of fused-ring (bicyclic) bond motifs is 3. The Morgan fingerprint density at radius 2 is 2.05 bits per heavy atom. The van der Waals surface area contributed by atoms with Gasteiger partial charge in [-0.3, -0.25) is 4.90 Å². The smallest absolute Gasteiger partial charge is 0.131 e. The third kappa shape index (κ3) is 1.28. The Balaban J connectivity index is 1.85. The monoisotopic (exact) mass is 268 g/mol. The molecule has 2 aromatic rings. The highest BCUT2D eigenvalue weighted by Gasteiger charge is 2.44. The summed E-state index contributed by atoms with van der Waals surface area (Å²) in [5.41, 5.74) is 4.17. The number of nitrogens with zero attached hydrogens (tertiary/aromatic N) is 2. The lowest BCUT2D eigenvalue weighted by Gasteiger charge is -2.48. The summed E-state index contributed by atoms with van der Waals surface area (Å²) in [6.45, 7) is 2.43. The molecule has 1 saturated heterocycles. The van der Waals surface area contributed by atoms with Crippen LogP contribution in [0.5, 0.6) is 0 Å². The quantitative estimate of drug-likeness (QED) is 0.796. The summed E-state index contributed by atoms with van der Waals surface area (Å²) in [4.78, 5) is 2.66. The maximum absolute atomic E-state index is 10.7. The molecule has 3 heteroatoms. The molecular formula is C17H20N2O. The summed E-state index contributed by atoms with van der Waals surface area (Å²) in [6.07, 6.45) is 4.30. The molecule has 3 aliphatic rings. The van der Waals surface area contributed by atoms with Crippen molar-refractivity contribution in [3.05, 3.63) is 35.5 Å². The van der Waals surface area contributed by atoms with Crippen LogP contribution in [0.4, 0.5) is 0 Å². The van der Waals surface area contributed by atoms with E-state index in [1.54, 1.807) is 0 Å². The predicted octanol–water partition coefficient (Wildman–Crippen LogP) is 2.85. The second-order valence-corrected chi connectivity index (χ2v) is 6.60. The Kier molecular flexibility index (Phi) is 2.19. The molecule has 0 unspecified atom stereocenters. The van der Waals surface area contributed by atoms with Gasteiger partial charge in [-0.15, -0.1) is 0 Å². The first-order valence-electron chi connectivity index (χ1n) is 7.88. The summed E-state index contributed by atoms with van der Waals surface area (Å²) in [5.74, 6) is 0.648. The number of benzene rings is 1. The molecule has 4 heterocycles. The standard InChI is InChI=1S/C17H20N2O/c20-15-10-11-4-3-8-18-9-7-13-12-5-1-2-6-14(12)19(15)17(13)16(11)18/h1-2,5-6,11,15-16,20H,3-4,7-10H2/t11-,15-,16-/m0/s1. The molecule has 1 aromatic carbocycles. The van der Waals surface area contributed by atoms with Crippen LogP contribution in [-0.2, 0) is 6.42 Å². The van der Waals surface area contributed by atoms with Crippen LogP contribution in [0.15, 0.2) is 24.3 Å². The topological polar surface area (TPSA) is 28.4 Å². The van der Waals surface area contributed by atoms with Crippen LogP contribution in [0.25, 0.3) is 10.9 Å². The van der Waals surface area contributed by atoms with Crippen molar-refractivity contribution < 1.29 is 5.11 Å². The van der Waals surface area contributed by atoms with Gasteiger partial charge in [-0.2, -0.15) is 0 Å². The van der Waals surface area contributed by atoms with Gasteiger partial charge < -0.3 is 9.67 Å². The summed E-state index contributed by atoms with van der Waals surface area (Å²) < 4.78 is 2.24. The maximum atomic E-state index is 10.7. The number of hydrogen-bond acceptors (Lipinski definition) is 2. The summed E-state index contributed by atoms with van der Waals surface area (Å²) in [5, 5.41) is 12.0. The molecule has 20 heavy (non-hydrogen) atoms. The molecule has 0 radical (unpaired) electrons. The Labute approximate surface area is 118 Å². The average Bonchev–Trinajstić information content (AvgIpc) is 2.82. The molecule has 3 aliphatic heterocycles. The van der Waals surface area contributed by atoms with Crippen molar-refractivity contribution in [3.8, 4) is 0 Å². The average molecular weight is 268 g/mol. The molecule has 0 aliphatic carbocycles. The number of piperidine rings is 1. The molecule has 5 rings (SSSR count). The van der Waals surface area contributed by atoms with Crippen molar-refractivity contribution >= 4 is 10.9 Å². The van der Waals surface area contributed by atoms with Crippen molar-refractivity contribution in [1.29, 1.82) is 0 Å². The first-order chi connectivity index (χ1) is 9.84. The Morgan fingerprint density at radius 3 is 3.00 bits per heavy atom. The van der Waals surface area contributed by atoms with Crippen LogP contribution in [0.2, 0.25) is 0 Å². The minimum absolute atomic E-state index is 0.331. The second kappa shape index (κ2) is 3.86. The molecule has 1 N–H and O–H groups in total. The zero-order valence-corrected chi connectivity index (χ0v) is 11.6. The molecule has 1 aromatic heterocycles. The second-order valence-electron chi connectivity index (χ2n) is 6.60. The summed E-state index contributed by atoms with van der Waals surface area (Å²) >= 11 is 0. The molecule has 1 fully saturated rings. The molecule has 3 nitrogen and oxygen atoms in total. The molecule has 0 amide bonds. The van der Waals surface area contributed by atoms with Crippen LogP contribution >= 0.6 is 0 Å². The van der Waals surface area contributed by atoms with Gasteiger partial charge in [0.25, 0.3) is 0 Å². The van der Waals surface area contributed by atoms with Gasteiger partial charge in [0.05, 0.1) is 11.6 Å². The molecule has 0 saturated carbocycles. The fraction of sp³-hybridized carbons (Fsp3) is 0.529. The van der Waals surface area contributed by atoms with E-state index in [9.17, 15) is 5.11 Å². The lowest BCUT2D eigenvalue weighted by Crippen LogP contribution is -2.47. The van der Waals surface area contributed by atoms with Crippen molar-refractivity contribution in [2.75, 3.05) is 13.1 Å². The van der Waals surface area contributed by atoms with E-state index >= 15 is 0 Å². The van der Waals surface area contributed by atoms with Gasteiger partial charge in [0.1, 0.15) is 6.23 Å². The largest absolute Gasteiger partial charge is 0.373 e. The van der Waals surface area contributed by atoms with E-state index in [1.807, 2.05) is 0 Å². The molecule has 0 bridgehead atoms. The molecule has 3 atom stereocenters. The lowest BCUT2D eigenvalue weighted by atomic mass is 9.78. The van der Waals surface area contributed by atoms with E-state index in [0.29, 0.717) is 12.0 Å². The van der Waals surface area contributed by atoms with E-state index in [2.05, 4.69) is 33.7 Å². The van der Waals surface area contributed by atoms with Crippen molar-refractivity contribution in [1.82, 2.24) is 9.47 Å². The minimum Gasteiger partial charge on any atom is -0.373 e. The lowest BCUT2D eigenvalue weighted by molar-refractivity contribution is -0.0148. The van der Waals surface area contributed by atoms with Gasteiger partial charge in [0.15, 0.2) is 0 Å². The molecular weight excluding hydrogens is 248 g/mol. The Morgan fingerprint density at radius 1 is 1.15 bits per heavy atom. The highest BCUT2D eigenvalue weighted by atomic mass is 16.3. The van der Waals surface area contributed by atoms with Crippen LogP contribution in [-0.4, -0.2) is 27.7 Å². The SMILES string of the molecule is O[C@H]1C[C@@H]2CCCN3CCc4c(n1c1ccccc41)[C@H]23. The van der Waals surface area contributed by atoms with Gasteiger partial charge in [-0.25, -0.2) is 0 Å². The normalized spacial score (nSPS) is 32.4. The van der Waals surface area contributed by atoms with E-state index in [-0.39, 0.29) is 6.23 Å². The highest BCUT2D eigenvalue weighted by molar-refractivity contribution is 5.86. The van der Waals surface area contributed by atoms with Crippen molar-refractivity contribution in [2.24, 2.45) is 5.92 Å². The number of rotatable bonds is 0. The van der Waals surface area contributed by atoms with Gasteiger partial charge in [-0.05, 0) is 49.8 Å². The van der Waals surface area contributed by atoms with E-state index in [4.69, 9.17) is 0 Å². The fourth-order valence-electron chi connectivity index (χ4n) is 4.93. The first kappa shape index (κ1) is 11.4. The highest BCUT2D eigenvalue weighted by Crippen LogP contribution is 2.50. The molecule has 0 spiro atoms. The zero-order valence-electron chi connectivity index (χ0n) is 11.6. The minimum atomic E-state index is -0.331.